The number of rotatable bonds is 3. The van der Waals surface area contributed by atoms with Crippen LogP contribution < -0.4 is 0 Å². The number of hydrogen-bond acceptors (Lipinski definition) is 2. The maximum Gasteiger partial charge on any atom is 0.0430 e. The first-order chi connectivity index (χ1) is 10.9. The van der Waals surface area contributed by atoms with E-state index in [2.05, 4.69) is 46.3 Å². The van der Waals surface area contributed by atoms with Gasteiger partial charge in [0.05, 0.1) is 0 Å². The van der Waals surface area contributed by atoms with Gasteiger partial charge in [0.1, 0.15) is 0 Å². The Morgan fingerprint density at radius 1 is 0.955 bits per heavy atom. The molecule has 1 saturated heterocycles. The smallest absolute Gasteiger partial charge is 0.0430 e. The molecule has 2 atom stereocenters. The first-order valence-corrected chi connectivity index (χ1v) is 9.11. The average Bonchev–Trinajstić information content (AvgIpc) is 2.59. The summed E-state index contributed by atoms with van der Waals surface area (Å²) >= 11 is 0. The molecule has 0 spiro atoms. The molecule has 0 N–H and O–H groups in total. The van der Waals surface area contributed by atoms with Crippen molar-refractivity contribution < 1.29 is 0 Å². The SMILES string of the molecule is C1=CN(CCN2CCC3CCCCC3C2)Cc2ccccc21. The van der Waals surface area contributed by atoms with Gasteiger partial charge in [0, 0.05) is 32.4 Å². The number of likely N-dealkylation sites (tertiary alicyclic amines) is 1. The highest BCUT2D eigenvalue weighted by atomic mass is 15.2. The summed E-state index contributed by atoms with van der Waals surface area (Å²) in [6, 6.07) is 8.77. The van der Waals surface area contributed by atoms with Crippen molar-refractivity contribution in [2.24, 2.45) is 11.8 Å². The third kappa shape index (κ3) is 3.08. The Balaban J connectivity index is 1.29. The fourth-order valence-corrected chi connectivity index (χ4v) is 4.60. The van der Waals surface area contributed by atoms with Crippen molar-refractivity contribution in [3.05, 3.63) is 41.6 Å². The highest BCUT2D eigenvalue weighted by Crippen LogP contribution is 2.35. The second-order valence-corrected chi connectivity index (χ2v) is 7.38. The summed E-state index contributed by atoms with van der Waals surface area (Å²) in [6.07, 6.45) is 12.0. The molecule has 22 heavy (non-hydrogen) atoms. The van der Waals surface area contributed by atoms with Crippen LogP contribution in [-0.2, 0) is 6.54 Å². The van der Waals surface area contributed by atoms with Crippen molar-refractivity contribution in [2.45, 2.75) is 38.6 Å². The van der Waals surface area contributed by atoms with E-state index in [-0.39, 0.29) is 0 Å². The van der Waals surface area contributed by atoms with E-state index in [0.717, 1.165) is 18.4 Å². The Morgan fingerprint density at radius 3 is 2.77 bits per heavy atom. The zero-order valence-electron chi connectivity index (χ0n) is 13.6. The highest BCUT2D eigenvalue weighted by molar-refractivity contribution is 5.55. The summed E-state index contributed by atoms with van der Waals surface area (Å²) in [5.41, 5.74) is 2.86. The van der Waals surface area contributed by atoms with Crippen LogP contribution in [0.1, 0.15) is 43.2 Å². The van der Waals surface area contributed by atoms with Crippen LogP contribution in [0, 0.1) is 11.8 Å². The van der Waals surface area contributed by atoms with Crippen LogP contribution >= 0.6 is 0 Å². The third-order valence-electron chi connectivity index (χ3n) is 5.97. The first-order valence-electron chi connectivity index (χ1n) is 9.11. The molecule has 3 aliphatic rings. The fraction of sp³-hybridized carbons (Fsp3) is 0.600. The van der Waals surface area contributed by atoms with Crippen molar-refractivity contribution in [1.29, 1.82) is 0 Å². The minimum atomic E-state index is 1.00. The molecule has 2 fully saturated rings. The lowest BCUT2D eigenvalue weighted by molar-refractivity contribution is 0.0815. The minimum absolute atomic E-state index is 1.00. The van der Waals surface area contributed by atoms with E-state index in [4.69, 9.17) is 0 Å². The molecule has 1 aliphatic carbocycles. The zero-order valence-corrected chi connectivity index (χ0v) is 13.6. The van der Waals surface area contributed by atoms with E-state index in [9.17, 15) is 0 Å². The monoisotopic (exact) mass is 296 g/mol. The van der Waals surface area contributed by atoms with Crippen molar-refractivity contribution in [1.82, 2.24) is 9.80 Å². The molecule has 4 rings (SSSR count). The average molecular weight is 296 g/mol. The van der Waals surface area contributed by atoms with E-state index in [1.54, 1.807) is 0 Å². The Labute approximate surface area is 134 Å². The van der Waals surface area contributed by atoms with Gasteiger partial charge in [0.15, 0.2) is 0 Å². The molecular formula is C20H28N2. The van der Waals surface area contributed by atoms with E-state index in [1.165, 1.54) is 69.4 Å². The lowest BCUT2D eigenvalue weighted by Crippen LogP contribution is -2.44. The number of fused-ring (bicyclic) bond motifs is 2. The summed E-state index contributed by atoms with van der Waals surface area (Å²) in [7, 11) is 0. The molecule has 2 aliphatic heterocycles. The second-order valence-electron chi connectivity index (χ2n) is 7.38. The van der Waals surface area contributed by atoms with Crippen LogP contribution in [0.3, 0.4) is 0 Å². The van der Waals surface area contributed by atoms with Gasteiger partial charge in [-0.3, -0.25) is 0 Å². The number of piperidine rings is 1. The number of nitrogens with zero attached hydrogens (tertiary/aromatic N) is 2. The Kier molecular flexibility index (Phi) is 4.20. The maximum atomic E-state index is 2.72. The Hall–Kier alpha value is -1.28. The standard InChI is InChI=1S/C20H28N2/c1-3-7-19-15-21(11-9-17(19)5-1)13-14-22-12-10-18-6-2-4-8-20(18)16-22/h1,3,5,7,9,11,18,20H,2,4,6,8,10,12-16H2. The molecule has 2 heteroatoms. The van der Waals surface area contributed by atoms with Gasteiger partial charge in [-0.15, -0.1) is 0 Å². The van der Waals surface area contributed by atoms with Crippen LogP contribution in [0.4, 0.5) is 0 Å². The van der Waals surface area contributed by atoms with Crippen molar-refractivity contribution in [2.75, 3.05) is 26.2 Å². The molecule has 1 aromatic rings. The van der Waals surface area contributed by atoms with Gasteiger partial charge in [0.2, 0.25) is 0 Å². The minimum Gasteiger partial charge on any atom is -0.372 e. The van der Waals surface area contributed by atoms with Crippen LogP contribution in [-0.4, -0.2) is 36.0 Å². The fourth-order valence-electron chi connectivity index (χ4n) is 4.60. The maximum absolute atomic E-state index is 2.72. The number of benzene rings is 1. The number of hydrogen-bond donors (Lipinski definition) is 0. The molecule has 0 radical (unpaired) electrons. The largest absolute Gasteiger partial charge is 0.372 e. The predicted octanol–water partition coefficient (Wildman–Crippen LogP) is 3.99. The second kappa shape index (κ2) is 6.45. The van der Waals surface area contributed by atoms with Crippen molar-refractivity contribution >= 4 is 6.08 Å². The molecule has 0 aromatic heterocycles. The van der Waals surface area contributed by atoms with E-state index in [1.807, 2.05) is 0 Å². The molecule has 1 saturated carbocycles. The Bertz CT molecular complexity index is 536. The lowest BCUT2D eigenvalue weighted by Gasteiger charge is -2.42. The zero-order chi connectivity index (χ0) is 14.8. The molecule has 2 heterocycles. The molecule has 2 nitrogen and oxygen atoms in total. The van der Waals surface area contributed by atoms with Gasteiger partial charge in [-0.25, -0.2) is 0 Å². The van der Waals surface area contributed by atoms with Crippen molar-refractivity contribution in [3.63, 3.8) is 0 Å². The van der Waals surface area contributed by atoms with Gasteiger partial charge in [0.25, 0.3) is 0 Å². The van der Waals surface area contributed by atoms with E-state index < -0.39 is 0 Å². The summed E-state index contributed by atoms with van der Waals surface area (Å²) in [5.74, 6) is 2.05. The van der Waals surface area contributed by atoms with Crippen LogP contribution in [0.2, 0.25) is 0 Å². The molecular weight excluding hydrogens is 268 g/mol. The van der Waals surface area contributed by atoms with Gasteiger partial charge in [-0.1, -0.05) is 43.5 Å². The normalized spacial score (nSPS) is 28.3. The quantitative estimate of drug-likeness (QED) is 0.832. The molecule has 0 amide bonds. The summed E-state index contributed by atoms with van der Waals surface area (Å²) in [6.45, 7) is 6.17. The first kappa shape index (κ1) is 14.3. The van der Waals surface area contributed by atoms with Gasteiger partial charge < -0.3 is 9.80 Å². The van der Waals surface area contributed by atoms with Gasteiger partial charge >= 0.3 is 0 Å². The van der Waals surface area contributed by atoms with E-state index >= 15 is 0 Å². The molecule has 2 unspecified atom stereocenters. The molecule has 0 bridgehead atoms. The molecule has 118 valence electrons. The summed E-state index contributed by atoms with van der Waals surface area (Å²) < 4.78 is 0. The Morgan fingerprint density at radius 2 is 1.82 bits per heavy atom. The van der Waals surface area contributed by atoms with E-state index in [0.29, 0.717) is 0 Å². The highest BCUT2D eigenvalue weighted by Gasteiger charge is 2.30. The van der Waals surface area contributed by atoms with Gasteiger partial charge in [-0.05, 0) is 48.4 Å². The van der Waals surface area contributed by atoms with Crippen molar-refractivity contribution in [3.8, 4) is 0 Å². The lowest BCUT2D eigenvalue weighted by atomic mass is 9.75. The van der Waals surface area contributed by atoms with Crippen LogP contribution in [0.15, 0.2) is 30.5 Å². The summed E-state index contributed by atoms with van der Waals surface area (Å²) in [5, 5.41) is 0. The molecule has 1 aromatic carbocycles. The predicted molar refractivity (Wildman–Crippen MR) is 92.4 cm³/mol. The van der Waals surface area contributed by atoms with Crippen LogP contribution in [0.25, 0.3) is 6.08 Å². The third-order valence-corrected chi connectivity index (χ3v) is 5.97. The topological polar surface area (TPSA) is 6.48 Å². The van der Waals surface area contributed by atoms with Gasteiger partial charge in [-0.2, -0.15) is 0 Å². The van der Waals surface area contributed by atoms with Crippen LogP contribution in [0.5, 0.6) is 0 Å². The summed E-state index contributed by atoms with van der Waals surface area (Å²) in [4.78, 5) is 5.20.